The number of allylic oxidation sites excluding steroid dienone is 1. The summed E-state index contributed by atoms with van der Waals surface area (Å²) in [5.41, 5.74) is 10.7. The molecule has 0 aromatic heterocycles. The van der Waals surface area contributed by atoms with Gasteiger partial charge in [0.05, 0.1) is 11.6 Å². The van der Waals surface area contributed by atoms with E-state index in [9.17, 15) is 13.2 Å². The van der Waals surface area contributed by atoms with Crippen molar-refractivity contribution in [3.8, 4) is 6.07 Å². The normalized spacial score (nSPS) is 22.0. The van der Waals surface area contributed by atoms with Crippen LogP contribution in [0.15, 0.2) is 42.0 Å². The molecule has 2 aliphatic rings. The summed E-state index contributed by atoms with van der Waals surface area (Å²) < 4.78 is 40.9. The Hall–Kier alpha value is -2.62. The summed E-state index contributed by atoms with van der Waals surface area (Å²) in [6.45, 7) is 2.46. The molecule has 0 bridgehead atoms. The van der Waals surface area contributed by atoms with Crippen molar-refractivity contribution >= 4 is 0 Å². The largest absolute Gasteiger partial charge is 0.327 e. The van der Waals surface area contributed by atoms with Gasteiger partial charge in [-0.2, -0.15) is 5.26 Å². The van der Waals surface area contributed by atoms with Gasteiger partial charge in [0.2, 0.25) is 0 Å². The highest BCUT2D eigenvalue weighted by Gasteiger charge is 2.28. The van der Waals surface area contributed by atoms with Gasteiger partial charge in [-0.15, -0.1) is 0 Å². The van der Waals surface area contributed by atoms with Gasteiger partial charge in [-0.1, -0.05) is 17.7 Å². The van der Waals surface area contributed by atoms with Crippen LogP contribution in [-0.4, -0.2) is 24.0 Å². The predicted molar refractivity (Wildman–Crippen MR) is 104 cm³/mol. The average Bonchev–Trinajstić information content (AvgIpc) is 2.70. The van der Waals surface area contributed by atoms with E-state index in [4.69, 9.17) is 11.0 Å². The van der Waals surface area contributed by atoms with Gasteiger partial charge >= 0.3 is 0 Å². The third-order valence-corrected chi connectivity index (χ3v) is 5.97. The van der Waals surface area contributed by atoms with E-state index in [0.717, 1.165) is 32.1 Å². The highest BCUT2D eigenvalue weighted by molar-refractivity contribution is 5.39. The van der Waals surface area contributed by atoms with Crippen molar-refractivity contribution in [2.24, 2.45) is 5.73 Å². The van der Waals surface area contributed by atoms with Gasteiger partial charge in [0.1, 0.15) is 5.82 Å². The van der Waals surface area contributed by atoms with Crippen LogP contribution >= 0.6 is 0 Å². The Bertz CT molecular complexity index is 1010. The topological polar surface area (TPSA) is 53.0 Å². The summed E-state index contributed by atoms with van der Waals surface area (Å²) in [7, 11) is 0. The summed E-state index contributed by atoms with van der Waals surface area (Å²) in [6, 6.07) is 9.20. The van der Waals surface area contributed by atoms with Crippen LogP contribution in [0.2, 0.25) is 0 Å². The Morgan fingerprint density at radius 3 is 2.62 bits per heavy atom. The van der Waals surface area contributed by atoms with E-state index in [1.807, 2.05) is 18.2 Å². The molecular formula is C23H22F3N3. The van der Waals surface area contributed by atoms with Crippen LogP contribution in [0.1, 0.15) is 41.0 Å². The van der Waals surface area contributed by atoms with E-state index < -0.39 is 17.5 Å². The van der Waals surface area contributed by atoms with Crippen LogP contribution in [0, 0.1) is 28.8 Å². The molecule has 1 aliphatic heterocycles. The van der Waals surface area contributed by atoms with Crippen molar-refractivity contribution in [3.05, 3.63) is 81.7 Å². The van der Waals surface area contributed by atoms with Gasteiger partial charge < -0.3 is 5.73 Å². The minimum absolute atomic E-state index is 0.141. The third-order valence-electron chi connectivity index (χ3n) is 5.97. The van der Waals surface area contributed by atoms with Gasteiger partial charge in [-0.3, -0.25) is 4.90 Å². The number of nitrogens with two attached hydrogens (primary N) is 1. The molecule has 0 saturated carbocycles. The lowest BCUT2D eigenvalue weighted by molar-refractivity contribution is 0.269. The van der Waals surface area contributed by atoms with Crippen LogP contribution in [-0.2, 0) is 13.0 Å². The molecule has 0 unspecified atom stereocenters. The predicted octanol–water partition coefficient (Wildman–Crippen LogP) is 4.16. The number of benzene rings is 2. The number of rotatable bonds is 3. The molecule has 1 aliphatic carbocycles. The zero-order chi connectivity index (χ0) is 20.5. The van der Waals surface area contributed by atoms with Crippen molar-refractivity contribution in [3.63, 3.8) is 0 Å². The first-order valence-electron chi connectivity index (χ1n) is 9.76. The van der Waals surface area contributed by atoms with Crippen molar-refractivity contribution in [1.82, 2.24) is 4.90 Å². The molecule has 29 heavy (non-hydrogen) atoms. The van der Waals surface area contributed by atoms with Gasteiger partial charge in [0, 0.05) is 37.7 Å². The lowest BCUT2D eigenvalue weighted by atomic mass is 9.80. The molecular weight excluding hydrogens is 375 g/mol. The Morgan fingerprint density at radius 1 is 1.07 bits per heavy atom. The maximum absolute atomic E-state index is 14.1. The van der Waals surface area contributed by atoms with E-state index in [1.54, 1.807) is 0 Å². The fourth-order valence-corrected chi connectivity index (χ4v) is 4.41. The molecule has 2 atom stereocenters. The first-order chi connectivity index (χ1) is 13.9. The van der Waals surface area contributed by atoms with Gasteiger partial charge in [-0.25, -0.2) is 13.2 Å². The Labute approximate surface area is 168 Å². The average molecular weight is 397 g/mol. The van der Waals surface area contributed by atoms with Crippen LogP contribution in [0.25, 0.3) is 0 Å². The maximum Gasteiger partial charge on any atom is 0.161 e. The SMILES string of the molecule is N#Cc1ccc2c(c1)CN(CC1=CC[C@H](c3cc(F)c(F)cc3F)[C@@H](N)C1)CC2. The number of halogens is 3. The molecule has 0 saturated heterocycles. The third kappa shape index (κ3) is 4.07. The molecule has 0 spiro atoms. The molecule has 3 nitrogen and oxygen atoms in total. The zero-order valence-corrected chi connectivity index (χ0v) is 16.0. The first-order valence-corrected chi connectivity index (χ1v) is 9.76. The second-order valence-electron chi connectivity index (χ2n) is 7.92. The number of hydrogen-bond acceptors (Lipinski definition) is 3. The lowest BCUT2D eigenvalue weighted by Crippen LogP contribution is -2.37. The Balaban J connectivity index is 1.45. The molecule has 1 heterocycles. The number of nitriles is 1. The van der Waals surface area contributed by atoms with Gasteiger partial charge in [0.25, 0.3) is 0 Å². The molecule has 150 valence electrons. The van der Waals surface area contributed by atoms with E-state index >= 15 is 0 Å². The summed E-state index contributed by atoms with van der Waals surface area (Å²) >= 11 is 0. The van der Waals surface area contributed by atoms with Crippen molar-refractivity contribution < 1.29 is 13.2 Å². The molecule has 0 radical (unpaired) electrons. The minimum atomic E-state index is -1.18. The molecule has 2 aromatic carbocycles. The van der Waals surface area contributed by atoms with E-state index in [-0.39, 0.29) is 17.5 Å². The molecule has 2 N–H and O–H groups in total. The van der Waals surface area contributed by atoms with Crippen LogP contribution in [0.5, 0.6) is 0 Å². The van der Waals surface area contributed by atoms with Crippen LogP contribution < -0.4 is 5.73 Å². The lowest BCUT2D eigenvalue weighted by Gasteiger charge is -2.34. The van der Waals surface area contributed by atoms with Crippen molar-refractivity contribution in [2.75, 3.05) is 13.1 Å². The molecule has 2 aromatic rings. The monoisotopic (exact) mass is 397 g/mol. The zero-order valence-electron chi connectivity index (χ0n) is 16.0. The summed E-state index contributed by atoms with van der Waals surface area (Å²) in [6.07, 6.45) is 4.07. The van der Waals surface area contributed by atoms with Crippen LogP contribution in [0.3, 0.4) is 0 Å². The highest BCUT2D eigenvalue weighted by Crippen LogP contribution is 2.34. The molecule has 6 heteroatoms. The van der Waals surface area contributed by atoms with E-state index in [0.29, 0.717) is 24.5 Å². The summed E-state index contributed by atoms with van der Waals surface area (Å²) in [4.78, 5) is 2.32. The van der Waals surface area contributed by atoms with Gasteiger partial charge in [0.15, 0.2) is 11.6 Å². The van der Waals surface area contributed by atoms with Crippen molar-refractivity contribution in [1.29, 1.82) is 5.26 Å². The summed E-state index contributed by atoms with van der Waals surface area (Å²) in [5, 5.41) is 9.11. The number of nitrogens with zero attached hydrogens (tertiary/aromatic N) is 2. The quantitative estimate of drug-likeness (QED) is 0.625. The molecule has 0 amide bonds. The smallest absolute Gasteiger partial charge is 0.161 e. The fraction of sp³-hybridized carbons (Fsp3) is 0.348. The standard InChI is InChI=1S/C23H22F3N3/c24-20-10-22(26)21(25)9-19(20)18-4-2-15(8-23(18)28)12-29-6-5-16-3-1-14(11-27)7-17(16)13-29/h1-3,7,9-10,18,23H,4-6,8,12-13,28H2/t18-,23+/m1/s1. The summed E-state index contributed by atoms with van der Waals surface area (Å²) in [5.74, 6) is -3.35. The second kappa shape index (κ2) is 8.02. The fourth-order valence-electron chi connectivity index (χ4n) is 4.41. The van der Waals surface area contributed by atoms with Gasteiger partial charge in [-0.05, 0) is 54.2 Å². The highest BCUT2D eigenvalue weighted by atomic mass is 19.2. The van der Waals surface area contributed by atoms with Crippen LogP contribution in [0.4, 0.5) is 13.2 Å². The number of fused-ring (bicyclic) bond motifs is 1. The molecule has 4 rings (SSSR count). The second-order valence-corrected chi connectivity index (χ2v) is 7.92. The first kappa shape index (κ1) is 19.7. The van der Waals surface area contributed by atoms with E-state index in [2.05, 4.69) is 17.0 Å². The number of hydrogen-bond donors (Lipinski definition) is 1. The van der Waals surface area contributed by atoms with E-state index in [1.165, 1.54) is 16.7 Å². The Kier molecular flexibility index (Phi) is 5.44. The minimum Gasteiger partial charge on any atom is -0.327 e. The maximum atomic E-state index is 14.1. The molecule has 0 fully saturated rings. The van der Waals surface area contributed by atoms with Crippen molar-refractivity contribution in [2.45, 2.75) is 37.8 Å². The Morgan fingerprint density at radius 2 is 1.86 bits per heavy atom.